The van der Waals surface area contributed by atoms with Crippen molar-refractivity contribution in [2.24, 2.45) is 0 Å². The molecule has 1 amide bonds. The van der Waals surface area contributed by atoms with Gasteiger partial charge in [-0.3, -0.25) is 14.7 Å². The van der Waals surface area contributed by atoms with Crippen molar-refractivity contribution in [2.75, 3.05) is 19.6 Å². The molecule has 1 atom stereocenters. The lowest BCUT2D eigenvalue weighted by Gasteiger charge is -2.29. The number of benzene rings is 1. The van der Waals surface area contributed by atoms with Crippen molar-refractivity contribution in [1.29, 1.82) is 0 Å². The van der Waals surface area contributed by atoms with Crippen molar-refractivity contribution in [3.05, 3.63) is 77.7 Å². The second-order valence-electron chi connectivity index (χ2n) is 7.01. The Labute approximate surface area is 164 Å². The molecule has 0 spiro atoms. The smallest absolute Gasteiger partial charge is 0.254 e. The Bertz CT molecular complexity index is 913. The number of rotatable bonds is 4. The molecule has 0 N–H and O–H groups in total. The van der Waals surface area contributed by atoms with E-state index in [1.807, 2.05) is 47.5 Å². The highest BCUT2D eigenvalue weighted by Gasteiger charge is 2.34. The van der Waals surface area contributed by atoms with Crippen molar-refractivity contribution in [2.45, 2.75) is 25.9 Å². The number of aromatic nitrogens is 3. The molecule has 3 heterocycles. The van der Waals surface area contributed by atoms with E-state index >= 15 is 0 Å². The zero-order chi connectivity index (χ0) is 19.3. The molecule has 1 fully saturated rings. The minimum atomic E-state index is -0.284. The molecule has 28 heavy (non-hydrogen) atoms. The minimum absolute atomic E-state index is 0.00955. The largest absolute Gasteiger partial charge is 0.337 e. The molecule has 1 unspecified atom stereocenters. The number of aryl methyl sites for hydroxylation is 1. The summed E-state index contributed by atoms with van der Waals surface area (Å²) in [6, 6.07) is 13.1. The van der Waals surface area contributed by atoms with Gasteiger partial charge in [0.05, 0.1) is 0 Å². The average Bonchev–Trinajstić information content (AvgIpc) is 3.05. The molecule has 0 bridgehead atoms. The normalized spacial score (nSPS) is 18.0. The van der Waals surface area contributed by atoms with Gasteiger partial charge in [-0.05, 0) is 37.1 Å². The fraction of sp³-hybridized carbons (Fsp3) is 0.333. The van der Waals surface area contributed by atoms with Crippen LogP contribution in [0.15, 0.2) is 59.4 Å². The highest BCUT2D eigenvalue weighted by Crippen LogP contribution is 2.26. The highest BCUT2D eigenvalue weighted by atomic mass is 16.5. The van der Waals surface area contributed by atoms with Crippen LogP contribution in [0, 0.1) is 6.92 Å². The molecule has 3 aromatic rings. The van der Waals surface area contributed by atoms with E-state index in [0.717, 1.165) is 25.1 Å². The lowest BCUT2D eigenvalue weighted by atomic mass is 10.1. The molecule has 1 aliphatic rings. The maximum atomic E-state index is 13.2. The molecular weight excluding hydrogens is 354 g/mol. The van der Waals surface area contributed by atoms with Gasteiger partial charge in [0.2, 0.25) is 0 Å². The summed E-state index contributed by atoms with van der Waals surface area (Å²) in [6.45, 7) is 4.72. The van der Waals surface area contributed by atoms with Gasteiger partial charge in [0.25, 0.3) is 11.8 Å². The van der Waals surface area contributed by atoms with Crippen LogP contribution in [0.4, 0.5) is 0 Å². The number of hydrogen-bond acceptors (Lipinski definition) is 6. The molecule has 2 aromatic heterocycles. The minimum Gasteiger partial charge on any atom is -0.337 e. The van der Waals surface area contributed by atoms with Crippen molar-refractivity contribution >= 4 is 5.91 Å². The van der Waals surface area contributed by atoms with Gasteiger partial charge in [-0.1, -0.05) is 29.4 Å². The van der Waals surface area contributed by atoms with Crippen LogP contribution < -0.4 is 0 Å². The predicted octanol–water partition coefficient (Wildman–Crippen LogP) is 2.86. The number of amides is 1. The zero-order valence-corrected chi connectivity index (χ0v) is 15.9. The van der Waals surface area contributed by atoms with Gasteiger partial charge < -0.3 is 9.42 Å². The lowest BCUT2D eigenvalue weighted by molar-refractivity contribution is 0.0631. The number of nitrogens with zero attached hydrogens (tertiary/aromatic N) is 5. The van der Waals surface area contributed by atoms with Crippen molar-refractivity contribution < 1.29 is 9.32 Å². The summed E-state index contributed by atoms with van der Waals surface area (Å²) in [5, 5.41) is 3.95. The Kier molecular flexibility index (Phi) is 5.43. The molecule has 7 heteroatoms. The second-order valence-corrected chi connectivity index (χ2v) is 7.01. The maximum Gasteiger partial charge on any atom is 0.254 e. The van der Waals surface area contributed by atoms with Crippen LogP contribution in [0.5, 0.6) is 0 Å². The Morgan fingerprint density at radius 2 is 2.04 bits per heavy atom. The molecule has 1 saturated heterocycles. The van der Waals surface area contributed by atoms with Crippen LogP contribution in [-0.4, -0.2) is 50.5 Å². The predicted molar refractivity (Wildman–Crippen MR) is 103 cm³/mol. The Balaban J connectivity index is 1.61. The van der Waals surface area contributed by atoms with Crippen molar-refractivity contribution in [3.8, 4) is 0 Å². The third-order valence-corrected chi connectivity index (χ3v) is 4.92. The first kappa shape index (κ1) is 18.3. The first-order valence-corrected chi connectivity index (χ1v) is 9.48. The highest BCUT2D eigenvalue weighted by molar-refractivity contribution is 5.94. The van der Waals surface area contributed by atoms with E-state index in [-0.39, 0.29) is 11.9 Å². The van der Waals surface area contributed by atoms with Crippen LogP contribution in [0.2, 0.25) is 0 Å². The van der Waals surface area contributed by atoms with Gasteiger partial charge in [0.15, 0.2) is 5.82 Å². The maximum absolute atomic E-state index is 13.2. The van der Waals surface area contributed by atoms with Crippen LogP contribution in [0.1, 0.15) is 40.1 Å². The van der Waals surface area contributed by atoms with Gasteiger partial charge >= 0.3 is 0 Å². The first-order chi connectivity index (χ1) is 13.7. The number of carbonyl (C=O) groups excluding carboxylic acids is 1. The van der Waals surface area contributed by atoms with E-state index in [2.05, 4.69) is 26.1 Å². The van der Waals surface area contributed by atoms with Gasteiger partial charge in [-0.15, -0.1) is 0 Å². The Hall–Kier alpha value is -3.06. The van der Waals surface area contributed by atoms with E-state index in [9.17, 15) is 4.79 Å². The summed E-state index contributed by atoms with van der Waals surface area (Å²) in [5.41, 5.74) is 1.82. The summed E-state index contributed by atoms with van der Waals surface area (Å²) in [5.74, 6) is 1.05. The van der Waals surface area contributed by atoms with Gasteiger partial charge in [0, 0.05) is 44.1 Å². The Morgan fingerprint density at radius 3 is 2.75 bits per heavy atom. The fourth-order valence-corrected chi connectivity index (χ4v) is 3.60. The monoisotopic (exact) mass is 377 g/mol. The summed E-state index contributed by atoms with van der Waals surface area (Å²) in [4.78, 5) is 26.0. The molecule has 0 saturated carbocycles. The first-order valence-electron chi connectivity index (χ1n) is 9.48. The van der Waals surface area contributed by atoms with Gasteiger partial charge in [-0.2, -0.15) is 4.98 Å². The topological polar surface area (TPSA) is 75.4 Å². The molecule has 0 radical (unpaired) electrons. The molecule has 1 aromatic carbocycles. The third kappa shape index (κ3) is 4.09. The van der Waals surface area contributed by atoms with Crippen LogP contribution in [0.3, 0.4) is 0 Å². The van der Waals surface area contributed by atoms with E-state index in [1.54, 1.807) is 13.1 Å². The van der Waals surface area contributed by atoms with Crippen LogP contribution >= 0.6 is 0 Å². The Morgan fingerprint density at radius 1 is 1.18 bits per heavy atom. The zero-order valence-electron chi connectivity index (χ0n) is 15.9. The number of carbonyl (C=O) groups is 1. The number of pyridine rings is 1. The second kappa shape index (κ2) is 8.31. The standard InChI is InChI=1S/C21H23N5O2/c1-16-23-20(28-24-16)19-15-25(14-17-7-5-10-22-13-17)11-6-12-26(19)21(27)18-8-3-2-4-9-18/h2-5,7-10,13,19H,6,11-12,14-15H2,1H3. The van der Waals surface area contributed by atoms with Crippen molar-refractivity contribution in [3.63, 3.8) is 0 Å². The summed E-state index contributed by atoms with van der Waals surface area (Å²) in [6.07, 6.45) is 4.53. The molecule has 1 aliphatic heterocycles. The van der Waals surface area contributed by atoms with Crippen molar-refractivity contribution in [1.82, 2.24) is 24.9 Å². The molecular formula is C21H23N5O2. The SMILES string of the molecule is Cc1noc(C2CN(Cc3cccnc3)CCCN2C(=O)c2ccccc2)n1. The molecule has 0 aliphatic carbocycles. The average molecular weight is 377 g/mol. The lowest BCUT2D eigenvalue weighted by Crippen LogP contribution is -2.38. The van der Waals surface area contributed by atoms with E-state index in [4.69, 9.17) is 4.52 Å². The fourth-order valence-electron chi connectivity index (χ4n) is 3.60. The summed E-state index contributed by atoms with van der Waals surface area (Å²) in [7, 11) is 0. The molecule has 4 rings (SSSR count). The van der Waals surface area contributed by atoms with E-state index in [0.29, 0.717) is 30.4 Å². The quantitative estimate of drug-likeness (QED) is 0.696. The van der Waals surface area contributed by atoms with E-state index in [1.165, 1.54) is 0 Å². The molecule has 7 nitrogen and oxygen atoms in total. The summed E-state index contributed by atoms with van der Waals surface area (Å²) >= 11 is 0. The van der Waals surface area contributed by atoms with Gasteiger partial charge in [-0.25, -0.2) is 0 Å². The van der Waals surface area contributed by atoms with Crippen LogP contribution in [0.25, 0.3) is 0 Å². The third-order valence-electron chi connectivity index (χ3n) is 4.92. The van der Waals surface area contributed by atoms with E-state index < -0.39 is 0 Å². The molecule has 144 valence electrons. The number of hydrogen-bond donors (Lipinski definition) is 0. The summed E-state index contributed by atoms with van der Waals surface area (Å²) < 4.78 is 5.48. The van der Waals surface area contributed by atoms with Gasteiger partial charge in [0.1, 0.15) is 6.04 Å². The van der Waals surface area contributed by atoms with Crippen LogP contribution in [-0.2, 0) is 6.54 Å².